The van der Waals surface area contributed by atoms with Gasteiger partial charge in [0.05, 0.1) is 0 Å². The zero-order valence-corrected chi connectivity index (χ0v) is 14.0. The Bertz CT molecular complexity index is 717. The second-order valence-electron chi connectivity index (χ2n) is 5.66. The van der Waals surface area contributed by atoms with Crippen LogP contribution in [0.3, 0.4) is 0 Å². The Morgan fingerprint density at radius 1 is 1.35 bits per heavy atom. The molecule has 0 aromatic carbocycles. The highest BCUT2D eigenvalue weighted by Gasteiger charge is 2.24. The Kier molecular flexibility index (Phi) is 4.53. The van der Waals surface area contributed by atoms with Gasteiger partial charge in [-0.3, -0.25) is 21.5 Å². The molecule has 1 unspecified atom stereocenters. The predicted octanol–water partition coefficient (Wildman–Crippen LogP) is -0.245. The van der Waals surface area contributed by atoms with Crippen molar-refractivity contribution in [1.82, 2.24) is 19.2 Å². The largest absolute Gasteiger partial charge is 0.349 e. The predicted molar refractivity (Wildman–Crippen MR) is 93.2 cm³/mol. The number of thioether (sulfide) groups is 1. The van der Waals surface area contributed by atoms with Crippen LogP contribution in [0, 0.1) is 5.41 Å². The number of fused-ring (bicyclic) bond motifs is 1. The average molecular weight is 332 g/mol. The molecule has 3 heterocycles. The van der Waals surface area contributed by atoms with E-state index in [-0.39, 0.29) is 5.17 Å². The maximum absolute atomic E-state index is 8.00. The zero-order valence-electron chi connectivity index (χ0n) is 13.1. The summed E-state index contributed by atoms with van der Waals surface area (Å²) in [5, 5.41) is 14.1. The molecule has 1 aliphatic heterocycles. The van der Waals surface area contributed by atoms with Gasteiger partial charge in [-0.15, -0.1) is 0 Å². The molecule has 23 heavy (non-hydrogen) atoms. The molecule has 2 aromatic heterocycles. The van der Waals surface area contributed by atoms with Crippen molar-refractivity contribution >= 4 is 27.7 Å². The number of nitrogens with one attached hydrogen (secondary N) is 1. The van der Waals surface area contributed by atoms with Crippen molar-refractivity contribution in [3.63, 3.8) is 0 Å². The van der Waals surface area contributed by atoms with Crippen molar-refractivity contribution in [1.29, 1.82) is 5.41 Å². The first-order valence-corrected chi connectivity index (χ1v) is 8.42. The molecule has 0 aliphatic carbocycles. The molecule has 0 spiro atoms. The molecule has 0 radical (unpaired) electrons. The topological polar surface area (TPSA) is 99.2 Å². The van der Waals surface area contributed by atoms with E-state index >= 15 is 0 Å². The SMILES string of the molecule is CC(c1ccn2ccnc2c1)N1CCN(C(=N)SC(N)=[NH2+])CC1. The Morgan fingerprint density at radius 3 is 2.78 bits per heavy atom. The molecular formula is C15H22N7S+. The third-order valence-electron chi connectivity index (χ3n) is 4.27. The van der Waals surface area contributed by atoms with Gasteiger partial charge in [-0.05, 0) is 24.6 Å². The van der Waals surface area contributed by atoms with Crippen molar-refractivity contribution in [3.8, 4) is 0 Å². The van der Waals surface area contributed by atoms with Crippen molar-refractivity contribution in [2.45, 2.75) is 13.0 Å². The van der Waals surface area contributed by atoms with Gasteiger partial charge in [0.25, 0.3) is 0 Å². The van der Waals surface area contributed by atoms with Gasteiger partial charge >= 0.3 is 5.17 Å². The molecule has 0 bridgehead atoms. The van der Waals surface area contributed by atoms with Gasteiger partial charge in [0.1, 0.15) is 5.65 Å². The maximum atomic E-state index is 8.00. The number of pyridine rings is 1. The molecule has 8 heteroatoms. The first-order chi connectivity index (χ1) is 11.0. The number of nitrogens with two attached hydrogens (primary N) is 2. The number of nitrogens with zero attached hydrogens (tertiary/aromatic N) is 4. The fraction of sp³-hybridized carbons (Fsp3) is 0.400. The molecule has 3 rings (SSSR count). The van der Waals surface area contributed by atoms with Gasteiger partial charge in [-0.25, -0.2) is 4.98 Å². The number of rotatable bonds is 2. The number of hydrogen-bond acceptors (Lipinski definition) is 4. The molecule has 1 atom stereocenters. The first-order valence-electron chi connectivity index (χ1n) is 7.60. The standard InChI is InChI=1S/C15H21N7S/c1-11(12-2-4-21-5-3-19-13(21)10-12)20-6-8-22(9-7-20)15(18)23-14(16)17/h2-5,10-11,18H,6-9H2,1H3,(H3,16,17)/p+1. The van der Waals surface area contributed by atoms with Gasteiger partial charge in [-0.2, -0.15) is 0 Å². The number of amidine groups is 2. The Morgan fingerprint density at radius 2 is 2.09 bits per heavy atom. The molecule has 2 aromatic rings. The Labute approximate surface area is 139 Å². The van der Waals surface area contributed by atoms with Crippen LogP contribution < -0.4 is 11.1 Å². The highest BCUT2D eigenvalue weighted by molar-refractivity contribution is 8.26. The summed E-state index contributed by atoms with van der Waals surface area (Å²) in [5.74, 6) is 0. The van der Waals surface area contributed by atoms with Crippen LogP contribution in [0.5, 0.6) is 0 Å². The normalized spacial score (nSPS) is 17.3. The summed E-state index contributed by atoms with van der Waals surface area (Å²) in [4.78, 5) is 8.80. The lowest BCUT2D eigenvalue weighted by atomic mass is 10.1. The van der Waals surface area contributed by atoms with E-state index in [0.29, 0.717) is 11.2 Å². The fourth-order valence-electron chi connectivity index (χ4n) is 2.89. The summed E-state index contributed by atoms with van der Waals surface area (Å²) in [6, 6.07) is 4.61. The van der Waals surface area contributed by atoms with Crippen LogP contribution in [0.1, 0.15) is 18.5 Å². The van der Waals surface area contributed by atoms with E-state index in [4.69, 9.17) is 16.6 Å². The fourth-order valence-corrected chi connectivity index (χ4v) is 3.42. The van der Waals surface area contributed by atoms with Crippen molar-refractivity contribution in [2.75, 3.05) is 26.2 Å². The first kappa shape index (κ1) is 15.8. The van der Waals surface area contributed by atoms with Gasteiger partial charge in [0.2, 0.25) is 0 Å². The monoisotopic (exact) mass is 332 g/mol. The minimum Gasteiger partial charge on any atom is -0.349 e. The third-order valence-corrected chi connectivity index (χ3v) is 4.96. The van der Waals surface area contributed by atoms with Crippen LogP contribution in [0.15, 0.2) is 30.7 Å². The summed E-state index contributed by atoms with van der Waals surface area (Å²) in [5.41, 5.74) is 7.70. The van der Waals surface area contributed by atoms with Gasteiger partial charge in [0.15, 0.2) is 5.17 Å². The lowest BCUT2D eigenvalue weighted by Gasteiger charge is -2.38. The van der Waals surface area contributed by atoms with Gasteiger partial charge in [0, 0.05) is 62.6 Å². The van der Waals surface area contributed by atoms with E-state index in [1.165, 1.54) is 5.56 Å². The minimum atomic E-state index is 0.221. The second kappa shape index (κ2) is 6.59. The van der Waals surface area contributed by atoms with E-state index in [2.05, 4.69) is 35.1 Å². The van der Waals surface area contributed by atoms with Crippen LogP contribution in [0.4, 0.5) is 0 Å². The molecular weight excluding hydrogens is 310 g/mol. The zero-order chi connectivity index (χ0) is 16.4. The minimum absolute atomic E-state index is 0.221. The summed E-state index contributed by atoms with van der Waals surface area (Å²) in [6.07, 6.45) is 5.81. The number of aromatic nitrogens is 2. The van der Waals surface area contributed by atoms with Crippen LogP contribution in [-0.2, 0) is 0 Å². The molecule has 1 fully saturated rings. The van der Waals surface area contributed by atoms with E-state index in [1.807, 2.05) is 21.7 Å². The highest BCUT2D eigenvalue weighted by Crippen LogP contribution is 2.23. The highest BCUT2D eigenvalue weighted by atomic mass is 32.2. The van der Waals surface area contributed by atoms with E-state index < -0.39 is 0 Å². The smallest absolute Gasteiger partial charge is 0.307 e. The van der Waals surface area contributed by atoms with Crippen LogP contribution >= 0.6 is 11.8 Å². The summed E-state index contributed by atoms with van der Waals surface area (Å²) in [6.45, 7) is 5.67. The van der Waals surface area contributed by atoms with E-state index in [0.717, 1.165) is 43.6 Å². The lowest BCUT2D eigenvalue weighted by molar-refractivity contribution is -0.109. The summed E-state index contributed by atoms with van der Waals surface area (Å²) < 4.78 is 2.01. The van der Waals surface area contributed by atoms with Crippen molar-refractivity contribution in [3.05, 3.63) is 36.3 Å². The van der Waals surface area contributed by atoms with Crippen LogP contribution in [0.25, 0.3) is 5.65 Å². The molecule has 1 saturated heterocycles. The lowest BCUT2D eigenvalue weighted by Crippen LogP contribution is -2.50. The maximum Gasteiger partial charge on any atom is 0.307 e. The number of imidazole rings is 1. The van der Waals surface area contributed by atoms with Gasteiger partial charge in [-0.1, -0.05) is 0 Å². The van der Waals surface area contributed by atoms with Crippen molar-refractivity contribution in [2.24, 2.45) is 5.73 Å². The van der Waals surface area contributed by atoms with Crippen LogP contribution in [0.2, 0.25) is 0 Å². The van der Waals surface area contributed by atoms with E-state index in [1.54, 1.807) is 0 Å². The van der Waals surface area contributed by atoms with Crippen molar-refractivity contribution < 1.29 is 5.41 Å². The molecule has 1 aliphatic rings. The molecule has 122 valence electrons. The number of hydrogen-bond donors (Lipinski definition) is 3. The number of piperazine rings is 1. The second-order valence-corrected chi connectivity index (χ2v) is 6.72. The van der Waals surface area contributed by atoms with Gasteiger partial charge < -0.3 is 9.30 Å². The third kappa shape index (κ3) is 3.48. The van der Waals surface area contributed by atoms with E-state index in [9.17, 15) is 0 Å². The molecule has 5 N–H and O–H groups in total. The summed E-state index contributed by atoms with van der Waals surface area (Å²) >= 11 is 1.12. The summed E-state index contributed by atoms with van der Waals surface area (Å²) in [7, 11) is 0. The molecule has 7 nitrogen and oxygen atoms in total. The molecule has 0 saturated carbocycles. The van der Waals surface area contributed by atoms with Crippen LogP contribution in [-0.4, -0.2) is 55.7 Å². The quantitative estimate of drug-likeness (QED) is 0.520. The average Bonchev–Trinajstić information content (AvgIpc) is 3.01. The molecule has 0 amide bonds. The Balaban J connectivity index is 1.62. The Hall–Kier alpha value is -2.06.